The van der Waals surface area contributed by atoms with Crippen molar-refractivity contribution in [1.29, 1.82) is 0 Å². The van der Waals surface area contributed by atoms with Gasteiger partial charge in [-0.25, -0.2) is 0 Å². The van der Waals surface area contributed by atoms with Crippen molar-refractivity contribution in [2.24, 2.45) is 0 Å². The molecule has 1 aromatic carbocycles. The molecule has 0 N–H and O–H groups in total. The maximum atomic E-state index is 12.0. The number of likely N-dealkylation sites (N-methyl/N-ethyl adjacent to an activating group) is 1. The molecule has 1 rings (SSSR count). The van der Waals surface area contributed by atoms with Crippen molar-refractivity contribution in [3.8, 4) is 0 Å². The third-order valence-corrected chi connectivity index (χ3v) is 2.53. The van der Waals surface area contributed by atoms with Crippen LogP contribution in [0.5, 0.6) is 0 Å². The number of benzene rings is 1. The summed E-state index contributed by atoms with van der Waals surface area (Å²) in [4.78, 5) is 13.2. The standard InChI is InChI=1S/C13H16F3NO/c1-10-4-3-5-11(8-10)12(18)9-17(2)7-6-13(14,15)16/h3-5,8H,6-7,9H2,1-2H3. The number of alkyl halides is 3. The highest BCUT2D eigenvalue weighted by molar-refractivity contribution is 5.97. The molecule has 0 radical (unpaired) electrons. The average molecular weight is 259 g/mol. The highest BCUT2D eigenvalue weighted by Gasteiger charge is 2.27. The van der Waals surface area contributed by atoms with E-state index in [1.807, 2.05) is 13.0 Å². The predicted octanol–water partition coefficient (Wildman–Crippen LogP) is 3.06. The first-order valence-electron chi connectivity index (χ1n) is 5.63. The number of carbonyl (C=O) groups excluding carboxylic acids is 1. The summed E-state index contributed by atoms with van der Waals surface area (Å²) < 4.78 is 36.1. The van der Waals surface area contributed by atoms with Crippen molar-refractivity contribution < 1.29 is 18.0 Å². The molecule has 5 heteroatoms. The van der Waals surface area contributed by atoms with Gasteiger partial charge in [0.15, 0.2) is 5.78 Å². The Hall–Kier alpha value is -1.36. The third-order valence-electron chi connectivity index (χ3n) is 2.53. The van der Waals surface area contributed by atoms with Crippen LogP contribution < -0.4 is 0 Å². The average Bonchev–Trinajstić information content (AvgIpc) is 2.25. The van der Waals surface area contributed by atoms with Crippen LogP contribution in [0.1, 0.15) is 22.3 Å². The van der Waals surface area contributed by atoms with E-state index in [2.05, 4.69) is 0 Å². The number of carbonyl (C=O) groups is 1. The fourth-order valence-corrected chi connectivity index (χ4v) is 1.55. The zero-order valence-corrected chi connectivity index (χ0v) is 10.4. The number of halogens is 3. The summed E-state index contributed by atoms with van der Waals surface area (Å²) in [6.07, 6.45) is -5.08. The van der Waals surface area contributed by atoms with Gasteiger partial charge in [0, 0.05) is 12.1 Å². The van der Waals surface area contributed by atoms with Crippen molar-refractivity contribution in [3.05, 3.63) is 35.4 Å². The van der Waals surface area contributed by atoms with Gasteiger partial charge in [0.05, 0.1) is 13.0 Å². The normalized spacial score (nSPS) is 11.9. The Morgan fingerprint density at radius 3 is 2.56 bits per heavy atom. The summed E-state index contributed by atoms with van der Waals surface area (Å²) in [6, 6.07) is 7.04. The SMILES string of the molecule is Cc1cccc(C(=O)CN(C)CCC(F)(F)F)c1. The monoisotopic (exact) mass is 259 g/mol. The molecule has 0 unspecified atom stereocenters. The van der Waals surface area contributed by atoms with Crippen LogP contribution >= 0.6 is 0 Å². The highest BCUT2D eigenvalue weighted by atomic mass is 19.4. The van der Waals surface area contributed by atoms with E-state index in [1.54, 1.807) is 18.2 Å². The van der Waals surface area contributed by atoms with Gasteiger partial charge < -0.3 is 0 Å². The molecule has 0 spiro atoms. The topological polar surface area (TPSA) is 20.3 Å². The van der Waals surface area contributed by atoms with Crippen LogP contribution in [0.3, 0.4) is 0 Å². The van der Waals surface area contributed by atoms with E-state index in [9.17, 15) is 18.0 Å². The minimum Gasteiger partial charge on any atom is -0.299 e. The molecular weight excluding hydrogens is 243 g/mol. The van der Waals surface area contributed by atoms with Crippen LogP contribution in [0.15, 0.2) is 24.3 Å². The molecule has 0 saturated carbocycles. The van der Waals surface area contributed by atoms with Gasteiger partial charge >= 0.3 is 6.18 Å². The molecule has 0 bridgehead atoms. The van der Waals surface area contributed by atoms with E-state index in [1.165, 1.54) is 11.9 Å². The molecule has 0 amide bonds. The smallest absolute Gasteiger partial charge is 0.299 e. The summed E-state index contributed by atoms with van der Waals surface area (Å²) in [7, 11) is 1.51. The second-order valence-electron chi connectivity index (χ2n) is 4.40. The van der Waals surface area contributed by atoms with Gasteiger partial charge in [0.2, 0.25) is 0 Å². The number of aryl methyl sites for hydroxylation is 1. The first-order chi connectivity index (χ1) is 8.28. The van der Waals surface area contributed by atoms with E-state index in [0.717, 1.165) is 5.56 Å². The van der Waals surface area contributed by atoms with Crippen molar-refractivity contribution in [3.63, 3.8) is 0 Å². The lowest BCUT2D eigenvalue weighted by Gasteiger charge is -2.16. The zero-order chi connectivity index (χ0) is 13.8. The minimum absolute atomic E-state index is 0.000463. The Labute approximate surface area is 104 Å². The molecule has 0 aromatic heterocycles. The fraction of sp³-hybridized carbons (Fsp3) is 0.462. The van der Waals surface area contributed by atoms with E-state index < -0.39 is 12.6 Å². The molecule has 2 nitrogen and oxygen atoms in total. The Bertz CT molecular complexity index is 415. The van der Waals surface area contributed by atoms with Gasteiger partial charge in [-0.2, -0.15) is 13.2 Å². The van der Waals surface area contributed by atoms with Gasteiger partial charge in [-0.1, -0.05) is 23.8 Å². The van der Waals surface area contributed by atoms with Crippen LogP contribution in [0, 0.1) is 6.92 Å². The zero-order valence-electron chi connectivity index (χ0n) is 10.4. The van der Waals surface area contributed by atoms with Crippen LogP contribution in [-0.4, -0.2) is 37.0 Å². The number of ketones is 1. The summed E-state index contributed by atoms with van der Waals surface area (Å²) in [5, 5.41) is 0. The molecule has 1 aromatic rings. The molecule has 0 aliphatic heterocycles. The number of Topliss-reactive ketones (excluding diaryl/α,β-unsaturated/α-hetero) is 1. The third kappa shape index (κ3) is 5.31. The van der Waals surface area contributed by atoms with E-state index >= 15 is 0 Å². The van der Waals surface area contributed by atoms with E-state index in [4.69, 9.17) is 0 Å². The second-order valence-corrected chi connectivity index (χ2v) is 4.40. The van der Waals surface area contributed by atoms with Gasteiger partial charge in [0.1, 0.15) is 0 Å². The number of rotatable bonds is 5. The van der Waals surface area contributed by atoms with Gasteiger partial charge in [-0.3, -0.25) is 9.69 Å². The Morgan fingerprint density at radius 1 is 1.33 bits per heavy atom. The first-order valence-corrected chi connectivity index (χ1v) is 5.63. The molecule has 0 atom stereocenters. The van der Waals surface area contributed by atoms with Crippen LogP contribution in [0.4, 0.5) is 13.2 Å². The number of hydrogen-bond donors (Lipinski definition) is 0. The van der Waals surface area contributed by atoms with Crippen molar-refractivity contribution in [2.45, 2.75) is 19.5 Å². The Kier molecular flexibility index (Phi) is 4.90. The maximum absolute atomic E-state index is 12.0. The molecule has 100 valence electrons. The molecule has 18 heavy (non-hydrogen) atoms. The summed E-state index contributed by atoms with van der Waals surface area (Å²) >= 11 is 0. The molecular formula is C13H16F3NO. The van der Waals surface area contributed by atoms with E-state index in [0.29, 0.717) is 5.56 Å². The quantitative estimate of drug-likeness (QED) is 0.757. The van der Waals surface area contributed by atoms with Crippen LogP contribution in [-0.2, 0) is 0 Å². The summed E-state index contributed by atoms with van der Waals surface area (Å²) in [5.41, 5.74) is 1.49. The molecule has 0 aliphatic carbocycles. The Morgan fingerprint density at radius 2 is 2.00 bits per heavy atom. The lowest BCUT2D eigenvalue weighted by atomic mass is 10.1. The van der Waals surface area contributed by atoms with Gasteiger partial charge in [0.25, 0.3) is 0 Å². The molecule has 0 heterocycles. The highest BCUT2D eigenvalue weighted by Crippen LogP contribution is 2.19. The molecule has 0 fully saturated rings. The van der Waals surface area contributed by atoms with Gasteiger partial charge in [-0.15, -0.1) is 0 Å². The predicted molar refractivity (Wildman–Crippen MR) is 63.7 cm³/mol. The summed E-state index contributed by atoms with van der Waals surface area (Å²) in [5.74, 6) is -0.164. The molecule has 0 aliphatic rings. The second kappa shape index (κ2) is 6.00. The minimum atomic E-state index is -4.18. The van der Waals surface area contributed by atoms with Crippen LogP contribution in [0.25, 0.3) is 0 Å². The largest absolute Gasteiger partial charge is 0.390 e. The Balaban J connectivity index is 2.50. The van der Waals surface area contributed by atoms with Crippen molar-refractivity contribution in [1.82, 2.24) is 4.90 Å². The lowest BCUT2D eigenvalue weighted by Crippen LogP contribution is -2.29. The van der Waals surface area contributed by atoms with Crippen molar-refractivity contribution >= 4 is 5.78 Å². The number of hydrogen-bond acceptors (Lipinski definition) is 2. The van der Waals surface area contributed by atoms with Crippen LogP contribution in [0.2, 0.25) is 0 Å². The molecule has 0 saturated heterocycles. The lowest BCUT2D eigenvalue weighted by molar-refractivity contribution is -0.137. The number of nitrogens with zero attached hydrogens (tertiary/aromatic N) is 1. The maximum Gasteiger partial charge on any atom is 0.390 e. The van der Waals surface area contributed by atoms with E-state index in [-0.39, 0.29) is 18.9 Å². The fourth-order valence-electron chi connectivity index (χ4n) is 1.55. The summed E-state index contributed by atoms with van der Waals surface area (Å²) in [6.45, 7) is 1.70. The van der Waals surface area contributed by atoms with Crippen molar-refractivity contribution in [2.75, 3.05) is 20.1 Å². The first kappa shape index (κ1) is 14.7. The van der Waals surface area contributed by atoms with Gasteiger partial charge in [-0.05, 0) is 20.0 Å².